The molecule has 3 amide bonds. The molecule has 1 heterocycles. The molecular weight excluding hydrogens is 330 g/mol. The van der Waals surface area contributed by atoms with Gasteiger partial charge >= 0.3 is 6.03 Å². The minimum atomic E-state index is -3.07. The molecular formula is C16H23N3O4S. The number of para-hydroxylation sites is 1. The number of amides is 3. The quantitative estimate of drug-likeness (QED) is 0.857. The van der Waals surface area contributed by atoms with Crippen LogP contribution in [0.1, 0.15) is 30.6 Å². The summed E-state index contributed by atoms with van der Waals surface area (Å²) in [5.41, 5.74) is 0.733. The molecule has 1 aromatic rings. The fourth-order valence-corrected chi connectivity index (χ4v) is 4.41. The molecule has 0 saturated carbocycles. The number of nitrogens with zero attached hydrogens (tertiary/aromatic N) is 1. The molecule has 132 valence electrons. The molecule has 0 radical (unpaired) electrons. The number of urea groups is 1. The van der Waals surface area contributed by atoms with E-state index in [1.807, 2.05) is 13.8 Å². The number of sulfone groups is 1. The van der Waals surface area contributed by atoms with Crippen LogP contribution in [0, 0.1) is 0 Å². The third kappa shape index (κ3) is 4.47. The molecule has 1 aromatic carbocycles. The number of nitrogens with one attached hydrogen (secondary N) is 2. The molecule has 2 rings (SSSR count). The van der Waals surface area contributed by atoms with E-state index in [-0.39, 0.29) is 29.5 Å². The van der Waals surface area contributed by atoms with Gasteiger partial charge in [0.1, 0.15) is 0 Å². The Balaban J connectivity index is 2.16. The number of carbonyl (C=O) groups excluding carboxylic acids is 2. The van der Waals surface area contributed by atoms with Crippen molar-refractivity contribution >= 4 is 27.5 Å². The molecule has 2 N–H and O–H groups in total. The first kappa shape index (κ1) is 18.3. The van der Waals surface area contributed by atoms with Crippen molar-refractivity contribution in [2.75, 3.05) is 23.9 Å². The highest BCUT2D eigenvalue weighted by Crippen LogP contribution is 2.22. The van der Waals surface area contributed by atoms with Crippen LogP contribution in [0.2, 0.25) is 0 Å². The van der Waals surface area contributed by atoms with Crippen LogP contribution in [0.15, 0.2) is 24.3 Å². The van der Waals surface area contributed by atoms with Crippen molar-refractivity contribution in [2.45, 2.75) is 32.4 Å². The largest absolute Gasteiger partial charge is 0.338 e. The molecule has 0 aromatic heterocycles. The highest BCUT2D eigenvalue weighted by atomic mass is 32.2. The maximum absolute atomic E-state index is 12.7. The Hall–Kier alpha value is -2.09. The Labute approximate surface area is 142 Å². The topological polar surface area (TPSA) is 95.6 Å². The van der Waals surface area contributed by atoms with Crippen LogP contribution in [0.5, 0.6) is 0 Å². The molecule has 1 aliphatic heterocycles. The van der Waals surface area contributed by atoms with Gasteiger partial charge in [0.25, 0.3) is 5.91 Å². The summed E-state index contributed by atoms with van der Waals surface area (Å²) in [6, 6.07) is 5.94. The Morgan fingerprint density at radius 1 is 1.25 bits per heavy atom. The summed E-state index contributed by atoms with van der Waals surface area (Å²) in [6.07, 6.45) is 0.438. The van der Waals surface area contributed by atoms with Crippen molar-refractivity contribution < 1.29 is 18.0 Å². The molecule has 1 saturated heterocycles. The van der Waals surface area contributed by atoms with Gasteiger partial charge in [-0.2, -0.15) is 0 Å². The van der Waals surface area contributed by atoms with E-state index in [1.165, 1.54) is 4.90 Å². The average molecular weight is 353 g/mol. The number of anilines is 1. The Morgan fingerprint density at radius 3 is 2.50 bits per heavy atom. The summed E-state index contributed by atoms with van der Waals surface area (Å²) >= 11 is 0. The highest BCUT2D eigenvalue weighted by Gasteiger charge is 2.33. The van der Waals surface area contributed by atoms with Crippen LogP contribution in [-0.2, 0) is 9.84 Å². The SMILES string of the molecule is CC(C)NC(=O)Nc1ccccc1C(=O)N(C)[C@H]1CCS(=O)(=O)C1. The second-order valence-electron chi connectivity index (χ2n) is 6.27. The van der Waals surface area contributed by atoms with Crippen LogP contribution in [0.4, 0.5) is 10.5 Å². The molecule has 0 unspecified atom stereocenters. The van der Waals surface area contributed by atoms with Crippen molar-refractivity contribution in [3.8, 4) is 0 Å². The Morgan fingerprint density at radius 2 is 1.92 bits per heavy atom. The molecule has 0 aliphatic carbocycles. The fourth-order valence-electron chi connectivity index (χ4n) is 2.64. The third-order valence-corrected chi connectivity index (χ3v) is 5.65. The number of carbonyl (C=O) groups is 2. The normalized spacial score (nSPS) is 19.1. The maximum Gasteiger partial charge on any atom is 0.319 e. The highest BCUT2D eigenvalue weighted by molar-refractivity contribution is 7.91. The first-order valence-corrected chi connectivity index (χ1v) is 9.66. The zero-order valence-corrected chi connectivity index (χ0v) is 14.9. The van der Waals surface area contributed by atoms with E-state index in [0.717, 1.165) is 0 Å². The molecule has 0 bridgehead atoms. The third-order valence-electron chi connectivity index (χ3n) is 3.90. The van der Waals surface area contributed by atoms with Crippen molar-refractivity contribution in [1.82, 2.24) is 10.2 Å². The van der Waals surface area contributed by atoms with Crippen LogP contribution in [0.3, 0.4) is 0 Å². The molecule has 0 spiro atoms. The lowest BCUT2D eigenvalue weighted by Gasteiger charge is -2.24. The predicted octanol–water partition coefficient (Wildman–Crippen LogP) is 1.48. The van der Waals surface area contributed by atoms with Crippen LogP contribution >= 0.6 is 0 Å². The first-order valence-electron chi connectivity index (χ1n) is 7.84. The summed E-state index contributed by atoms with van der Waals surface area (Å²) in [6.45, 7) is 3.68. The summed E-state index contributed by atoms with van der Waals surface area (Å²) in [5.74, 6) is -0.220. The lowest BCUT2D eigenvalue weighted by Crippen LogP contribution is -2.39. The molecule has 1 atom stereocenters. The van der Waals surface area contributed by atoms with Crippen LogP contribution in [-0.4, -0.2) is 55.9 Å². The number of hydrogen-bond acceptors (Lipinski definition) is 4. The lowest BCUT2D eigenvalue weighted by atomic mass is 10.1. The van der Waals surface area contributed by atoms with Gasteiger partial charge in [0.2, 0.25) is 0 Å². The second-order valence-corrected chi connectivity index (χ2v) is 8.50. The van der Waals surface area contributed by atoms with Crippen LogP contribution in [0.25, 0.3) is 0 Å². The van der Waals surface area contributed by atoms with E-state index < -0.39 is 15.9 Å². The minimum absolute atomic E-state index is 0.0152. The van der Waals surface area contributed by atoms with Gasteiger partial charge in [-0.25, -0.2) is 13.2 Å². The van der Waals surface area contributed by atoms with E-state index in [0.29, 0.717) is 17.7 Å². The van der Waals surface area contributed by atoms with Gasteiger partial charge in [0.15, 0.2) is 9.84 Å². The predicted molar refractivity (Wildman–Crippen MR) is 92.9 cm³/mol. The van der Waals surface area contributed by atoms with E-state index in [1.54, 1.807) is 31.3 Å². The van der Waals surface area contributed by atoms with Gasteiger partial charge in [0, 0.05) is 19.1 Å². The molecule has 7 nitrogen and oxygen atoms in total. The Bertz CT molecular complexity index is 731. The van der Waals surface area contributed by atoms with E-state index in [2.05, 4.69) is 10.6 Å². The zero-order chi connectivity index (χ0) is 17.9. The Kier molecular flexibility index (Phi) is 5.48. The van der Waals surface area contributed by atoms with E-state index >= 15 is 0 Å². The van der Waals surface area contributed by atoms with Crippen molar-refractivity contribution in [2.24, 2.45) is 0 Å². The fraction of sp³-hybridized carbons (Fsp3) is 0.500. The van der Waals surface area contributed by atoms with E-state index in [9.17, 15) is 18.0 Å². The van der Waals surface area contributed by atoms with Crippen molar-refractivity contribution in [1.29, 1.82) is 0 Å². The number of benzene rings is 1. The van der Waals surface area contributed by atoms with Gasteiger partial charge in [-0.15, -0.1) is 0 Å². The minimum Gasteiger partial charge on any atom is -0.338 e. The monoisotopic (exact) mass is 353 g/mol. The molecule has 1 fully saturated rings. The van der Waals surface area contributed by atoms with Gasteiger partial charge in [-0.05, 0) is 32.4 Å². The maximum atomic E-state index is 12.7. The second kappa shape index (κ2) is 7.21. The summed E-state index contributed by atoms with van der Waals surface area (Å²) in [4.78, 5) is 26.1. The van der Waals surface area contributed by atoms with Gasteiger partial charge in [-0.1, -0.05) is 12.1 Å². The van der Waals surface area contributed by atoms with Crippen molar-refractivity contribution in [3.05, 3.63) is 29.8 Å². The van der Waals surface area contributed by atoms with Crippen molar-refractivity contribution in [3.63, 3.8) is 0 Å². The number of hydrogen-bond donors (Lipinski definition) is 2. The zero-order valence-electron chi connectivity index (χ0n) is 14.1. The van der Waals surface area contributed by atoms with Crippen LogP contribution < -0.4 is 10.6 Å². The smallest absolute Gasteiger partial charge is 0.319 e. The van der Waals surface area contributed by atoms with E-state index in [4.69, 9.17) is 0 Å². The lowest BCUT2D eigenvalue weighted by molar-refractivity contribution is 0.0748. The molecule has 24 heavy (non-hydrogen) atoms. The van der Waals surface area contributed by atoms with Gasteiger partial charge in [0.05, 0.1) is 22.8 Å². The first-order chi connectivity index (χ1) is 11.2. The van der Waals surface area contributed by atoms with Gasteiger partial charge in [-0.3, -0.25) is 4.79 Å². The number of rotatable bonds is 4. The summed E-state index contributed by atoms with van der Waals surface area (Å²) in [7, 11) is -1.48. The summed E-state index contributed by atoms with van der Waals surface area (Å²) < 4.78 is 23.2. The summed E-state index contributed by atoms with van der Waals surface area (Å²) in [5, 5.41) is 5.37. The molecule has 8 heteroatoms. The average Bonchev–Trinajstić information content (AvgIpc) is 2.85. The molecule has 1 aliphatic rings. The standard InChI is InChI=1S/C16H23N3O4S/c1-11(2)17-16(21)18-14-7-5-4-6-13(14)15(20)19(3)12-8-9-24(22,23)10-12/h4-7,11-12H,8-10H2,1-3H3,(H2,17,18,21)/t12-/m0/s1. The van der Waals surface area contributed by atoms with Gasteiger partial charge < -0.3 is 15.5 Å².